The lowest BCUT2D eigenvalue weighted by Gasteiger charge is -2.40. The maximum absolute atomic E-state index is 14.6. The largest absolute Gasteiger partial charge is 0.497 e. The van der Waals surface area contributed by atoms with E-state index in [1.54, 1.807) is 28.1 Å². The van der Waals surface area contributed by atoms with E-state index in [2.05, 4.69) is 54.1 Å². The number of hydrogen-bond acceptors (Lipinski definition) is 10. The number of Topliss-reactive ketones (excluding diaryl/α,β-unsaturated/α-hetero) is 1. The first-order valence-corrected chi connectivity index (χ1v) is 21.1. The van der Waals surface area contributed by atoms with Gasteiger partial charge in [-0.2, -0.15) is 4.98 Å². The number of hydrogen-bond donors (Lipinski definition) is 2. The lowest BCUT2D eigenvalue weighted by molar-refractivity contribution is -0.130. The van der Waals surface area contributed by atoms with E-state index < -0.39 is 37.9 Å². The lowest BCUT2D eigenvalue weighted by Crippen LogP contribution is -2.49. The van der Waals surface area contributed by atoms with Crippen molar-refractivity contribution in [3.8, 4) is 11.5 Å². The predicted octanol–water partition coefficient (Wildman–Crippen LogP) is 6.60. The quantitative estimate of drug-likeness (QED) is 0.0990. The van der Waals surface area contributed by atoms with Gasteiger partial charge in [0.1, 0.15) is 29.3 Å². The Hall–Kier alpha value is -5.15. The van der Waals surface area contributed by atoms with Crippen molar-refractivity contribution in [2.75, 3.05) is 26.1 Å². The average Bonchev–Trinajstić information content (AvgIpc) is 3.72. The van der Waals surface area contributed by atoms with Crippen molar-refractivity contribution < 1.29 is 33.0 Å². The highest BCUT2D eigenvalue weighted by Crippen LogP contribution is 2.44. The zero-order chi connectivity index (χ0) is 39.7. The number of benzene rings is 3. The van der Waals surface area contributed by atoms with Crippen LogP contribution < -0.4 is 20.3 Å². The van der Waals surface area contributed by atoms with E-state index in [9.17, 15) is 14.4 Å². The second kappa shape index (κ2) is 15.5. The second-order valence-electron chi connectivity index (χ2n) is 15.4. The molecule has 0 bridgehead atoms. The van der Waals surface area contributed by atoms with Gasteiger partial charge in [0.05, 0.1) is 27.2 Å². The number of H-pyrrole nitrogens is 1. The van der Waals surface area contributed by atoms with Gasteiger partial charge >= 0.3 is 0 Å². The Labute approximate surface area is 321 Å². The van der Waals surface area contributed by atoms with Crippen LogP contribution in [0.2, 0.25) is 18.1 Å². The number of ketones is 1. The summed E-state index contributed by atoms with van der Waals surface area (Å²) < 4.78 is 33.1. The predicted molar refractivity (Wildman–Crippen MR) is 211 cm³/mol. The molecular weight excluding hydrogens is 719 g/mol. The Morgan fingerprint density at radius 3 is 2.00 bits per heavy atom. The van der Waals surface area contributed by atoms with E-state index in [1.807, 2.05) is 78.9 Å². The maximum atomic E-state index is 14.6. The third kappa shape index (κ3) is 7.72. The number of carbonyl (C=O) groups excluding carboxylic acids is 2. The summed E-state index contributed by atoms with van der Waals surface area (Å²) in [6.45, 7) is 13.8. The molecule has 2 N–H and O–H groups in total. The molecule has 290 valence electrons. The summed E-state index contributed by atoms with van der Waals surface area (Å²) in [4.78, 5) is 51.5. The number of aromatic amines is 1. The van der Waals surface area contributed by atoms with Crippen LogP contribution >= 0.6 is 0 Å². The Balaban J connectivity index is 1.46. The molecular formula is C41H49N5O8Si. The summed E-state index contributed by atoms with van der Waals surface area (Å²) in [5, 5.41) is 2.39. The number of imidazole rings is 1. The highest BCUT2D eigenvalue weighted by molar-refractivity contribution is 6.74. The van der Waals surface area contributed by atoms with E-state index in [0.717, 1.165) is 16.7 Å². The zero-order valence-corrected chi connectivity index (χ0v) is 33.7. The number of carbonyl (C=O) groups is 2. The molecule has 0 saturated carbocycles. The van der Waals surface area contributed by atoms with Crippen LogP contribution in [-0.2, 0) is 29.1 Å². The van der Waals surface area contributed by atoms with Crippen LogP contribution in [0.1, 0.15) is 57.5 Å². The number of fused-ring (bicyclic) bond motifs is 1. The number of anilines is 1. The molecule has 13 nitrogen and oxygen atoms in total. The Morgan fingerprint density at radius 1 is 0.909 bits per heavy atom. The molecule has 3 aromatic carbocycles. The van der Waals surface area contributed by atoms with E-state index in [-0.39, 0.29) is 46.4 Å². The third-order valence-corrected chi connectivity index (χ3v) is 14.9. The molecule has 1 fully saturated rings. The summed E-state index contributed by atoms with van der Waals surface area (Å²) >= 11 is 0. The number of aromatic nitrogens is 4. The summed E-state index contributed by atoms with van der Waals surface area (Å²) in [5.41, 5.74) is 0.763. The first kappa shape index (κ1) is 39.5. The molecule has 6 rings (SSSR count). The molecule has 1 saturated heterocycles. The fourth-order valence-electron chi connectivity index (χ4n) is 6.28. The van der Waals surface area contributed by atoms with Crippen LogP contribution in [0.3, 0.4) is 0 Å². The minimum Gasteiger partial charge on any atom is -0.497 e. The van der Waals surface area contributed by atoms with E-state index >= 15 is 0 Å². The van der Waals surface area contributed by atoms with Crippen LogP contribution in [0, 0.1) is 5.92 Å². The van der Waals surface area contributed by atoms with Crippen molar-refractivity contribution in [1.82, 2.24) is 19.5 Å². The topological polar surface area (TPSA) is 156 Å². The first-order valence-electron chi connectivity index (χ1n) is 18.2. The molecule has 55 heavy (non-hydrogen) atoms. The molecule has 0 aliphatic carbocycles. The van der Waals surface area contributed by atoms with Gasteiger partial charge in [0.2, 0.25) is 17.6 Å². The van der Waals surface area contributed by atoms with Crippen LogP contribution in [0.15, 0.2) is 90.0 Å². The van der Waals surface area contributed by atoms with Crippen molar-refractivity contribution in [2.24, 2.45) is 5.92 Å². The number of nitrogens with one attached hydrogen (secondary N) is 2. The van der Waals surface area contributed by atoms with Crippen LogP contribution in [0.5, 0.6) is 11.5 Å². The summed E-state index contributed by atoms with van der Waals surface area (Å²) in [6.07, 6.45) is -1.85. The Bertz CT molecular complexity index is 2150. The maximum Gasteiger partial charge on any atom is 0.280 e. The summed E-state index contributed by atoms with van der Waals surface area (Å²) in [7, 11) is 0.647. The minimum absolute atomic E-state index is 0.0115. The van der Waals surface area contributed by atoms with E-state index in [4.69, 9.17) is 23.4 Å². The van der Waals surface area contributed by atoms with Crippen molar-refractivity contribution >= 4 is 37.1 Å². The molecule has 1 aliphatic heterocycles. The van der Waals surface area contributed by atoms with Gasteiger partial charge in [0, 0.05) is 5.92 Å². The highest BCUT2D eigenvalue weighted by atomic mass is 28.4. The smallest absolute Gasteiger partial charge is 0.280 e. The molecule has 0 radical (unpaired) electrons. The molecule has 2 aromatic heterocycles. The molecule has 14 heteroatoms. The molecule has 3 atom stereocenters. The zero-order valence-electron chi connectivity index (χ0n) is 32.7. The van der Waals surface area contributed by atoms with Gasteiger partial charge in [-0.15, -0.1) is 0 Å². The SMILES string of the molecule is COc1ccc(C(OC[C@H]2O[C@@H](n3cnc4c(=O)[nH]c(NC(=O)C(C)C)nc43)C(=O)[C@@H]2O[Si](C)(C)C(C)(C)C)(c2ccccc2)c2ccc(OC)cc2)cc1. The number of ether oxygens (including phenoxy) is 4. The number of amides is 1. The molecule has 0 spiro atoms. The standard InChI is InChI=1S/C41H49N5O8Si/c1-25(2)36(48)44-39-43-35-32(37(49)45-39)42-24-46(35)38-33(47)34(54-55(8,9)40(3,4)5)31(53-38)23-52-41(26-13-11-10-12-14-26,27-15-19-29(50-6)20-16-27)28-17-21-30(51-7)22-18-28/h10-22,24-25,31,34,38H,23H2,1-9H3,(H2,43,44,45,48,49)/t31-,34-,38-/m1/s1. The van der Waals surface area contributed by atoms with Gasteiger partial charge < -0.3 is 23.4 Å². The van der Waals surface area contributed by atoms with E-state index in [0.29, 0.717) is 11.5 Å². The molecule has 5 aromatic rings. The lowest BCUT2D eigenvalue weighted by atomic mass is 9.80. The van der Waals surface area contributed by atoms with Crippen molar-refractivity contribution in [1.29, 1.82) is 0 Å². The average molecular weight is 768 g/mol. The molecule has 3 heterocycles. The van der Waals surface area contributed by atoms with Gasteiger partial charge in [0.25, 0.3) is 5.56 Å². The monoisotopic (exact) mass is 767 g/mol. The minimum atomic E-state index is -2.58. The Kier molecular flexibility index (Phi) is 11.2. The Morgan fingerprint density at radius 2 is 1.47 bits per heavy atom. The van der Waals surface area contributed by atoms with Crippen LogP contribution in [0.25, 0.3) is 11.2 Å². The van der Waals surface area contributed by atoms with Gasteiger partial charge in [-0.05, 0) is 59.1 Å². The van der Waals surface area contributed by atoms with Crippen molar-refractivity contribution in [2.45, 2.75) is 76.8 Å². The third-order valence-electron chi connectivity index (χ3n) is 10.5. The van der Waals surface area contributed by atoms with Gasteiger partial charge in [0.15, 0.2) is 25.7 Å². The molecule has 1 aliphatic rings. The highest BCUT2D eigenvalue weighted by Gasteiger charge is 2.52. The van der Waals surface area contributed by atoms with Crippen LogP contribution in [0.4, 0.5) is 5.95 Å². The number of rotatable bonds is 13. The normalized spacial score (nSPS) is 17.9. The summed E-state index contributed by atoms with van der Waals surface area (Å²) in [5.74, 6) is 0.234. The van der Waals surface area contributed by atoms with Crippen molar-refractivity contribution in [3.05, 3.63) is 112 Å². The molecule has 1 amide bonds. The van der Waals surface area contributed by atoms with Gasteiger partial charge in [-0.1, -0.05) is 89.2 Å². The summed E-state index contributed by atoms with van der Waals surface area (Å²) in [6, 6.07) is 25.2. The fourth-order valence-corrected chi connectivity index (χ4v) is 7.54. The molecule has 0 unspecified atom stereocenters. The number of methoxy groups -OCH3 is 2. The first-order chi connectivity index (χ1) is 26.1. The second-order valence-corrected chi connectivity index (χ2v) is 20.2. The van der Waals surface area contributed by atoms with Crippen molar-refractivity contribution in [3.63, 3.8) is 0 Å². The fraction of sp³-hybridized carbons (Fsp3) is 0.390. The van der Waals surface area contributed by atoms with Gasteiger partial charge in [-0.3, -0.25) is 29.3 Å². The number of nitrogens with zero attached hydrogens (tertiary/aromatic N) is 3. The van der Waals surface area contributed by atoms with E-state index in [1.165, 1.54) is 10.9 Å². The van der Waals surface area contributed by atoms with Crippen LogP contribution in [-0.4, -0.2) is 72.6 Å². The van der Waals surface area contributed by atoms with Gasteiger partial charge in [-0.25, -0.2) is 4.98 Å².